The number of aryl methyl sites for hydroxylation is 1. The van der Waals surface area contributed by atoms with Gasteiger partial charge in [-0.1, -0.05) is 0 Å². The van der Waals surface area contributed by atoms with Crippen LogP contribution in [0.5, 0.6) is 6.01 Å². The predicted molar refractivity (Wildman–Crippen MR) is 49.4 cm³/mol. The lowest BCUT2D eigenvalue weighted by atomic mass is 9.82. The van der Waals surface area contributed by atoms with Crippen LogP contribution in [-0.4, -0.2) is 22.2 Å². The molecule has 4 nitrogen and oxygen atoms in total. The Morgan fingerprint density at radius 1 is 1.69 bits per heavy atom. The molecule has 0 unspecified atom stereocenters. The standard InChI is InChI=1S/C9H15N3O/c1-12-3-2-11-9(12)13-8-4-7(5-8)6-10/h2-3,7-8H,4-6,10H2,1H3. The quantitative estimate of drug-likeness (QED) is 0.740. The Kier molecular flexibility index (Phi) is 2.22. The molecular weight excluding hydrogens is 166 g/mol. The molecule has 0 bridgehead atoms. The highest BCUT2D eigenvalue weighted by molar-refractivity contribution is 4.99. The SMILES string of the molecule is Cn1ccnc1OC1CC(CN)C1. The molecule has 0 spiro atoms. The molecule has 1 aromatic heterocycles. The third kappa shape index (κ3) is 1.67. The van der Waals surface area contributed by atoms with E-state index in [1.165, 1.54) is 0 Å². The van der Waals surface area contributed by atoms with Crippen molar-refractivity contribution >= 4 is 0 Å². The van der Waals surface area contributed by atoms with Crippen LogP contribution in [0.2, 0.25) is 0 Å². The highest BCUT2D eigenvalue weighted by Crippen LogP contribution is 2.29. The number of ether oxygens (including phenoxy) is 1. The first-order chi connectivity index (χ1) is 6.29. The molecular formula is C9H15N3O. The maximum Gasteiger partial charge on any atom is 0.296 e. The minimum absolute atomic E-state index is 0.328. The largest absolute Gasteiger partial charge is 0.461 e. The van der Waals surface area contributed by atoms with Crippen molar-refractivity contribution in [1.82, 2.24) is 9.55 Å². The highest BCUT2D eigenvalue weighted by atomic mass is 16.5. The summed E-state index contributed by atoms with van der Waals surface area (Å²) in [6.07, 6.45) is 6.10. The van der Waals surface area contributed by atoms with Gasteiger partial charge in [-0.15, -0.1) is 0 Å². The number of hydrogen-bond acceptors (Lipinski definition) is 3. The predicted octanol–water partition coefficient (Wildman–Crippen LogP) is 0.536. The lowest BCUT2D eigenvalue weighted by molar-refractivity contribution is 0.0578. The second-order valence-corrected chi connectivity index (χ2v) is 3.63. The molecule has 1 aromatic rings. The number of hydrogen-bond donors (Lipinski definition) is 1. The van der Waals surface area contributed by atoms with Gasteiger partial charge in [0.05, 0.1) is 0 Å². The van der Waals surface area contributed by atoms with Crippen LogP contribution >= 0.6 is 0 Å². The van der Waals surface area contributed by atoms with Crippen LogP contribution in [0.1, 0.15) is 12.8 Å². The van der Waals surface area contributed by atoms with Crippen LogP contribution in [0.25, 0.3) is 0 Å². The average Bonchev–Trinajstić information content (AvgIpc) is 2.43. The van der Waals surface area contributed by atoms with E-state index in [-0.39, 0.29) is 0 Å². The second-order valence-electron chi connectivity index (χ2n) is 3.63. The van der Waals surface area contributed by atoms with E-state index >= 15 is 0 Å². The maximum atomic E-state index is 5.65. The molecule has 0 aromatic carbocycles. The van der Waals surface area contributed by atoms with Crippen molar-refractivity contribution in [2.75, 3.05) is 6.54 Å². The van der Waals surface area contributed by atoms with Crippen LogP contribution in [-0.2, 0) is 7.05 Å². The number of imidazole rings is 1. The molecule has 0 atom stereocenters. The van der Waals surface area contributed by atoms with Crippen molar-refractivity contribution in [3.05, 3.63) is 12.4 Å². The monoisotopic (exact) mass is 181 g/mol. The summed E-state index contributed by atoms with van der Waals surface area (Å²) in [6.45, 7) is 0.778. The fraction of sp³-hybridized carbons (Fsp3) is 0.667. The fourth-order valence-electron chi connectivity index (χ4n) is 1.58. The van der Waals surface area contributed by atoms with Gasteiger partial charge in [0.15, 0.2) is 0 Å². The minimum Gasteiger partial charge on any atom is -0.461 e. The second kappa shape index (κ2) is 3.38. The summed E-state index contributed by atoms with van der Waals surface area (Å²) in [6, 6.07) is 0.709. The smallest absolute Gasteiger partial charge is 0.296 e. The van der Waals surface area contributed by atoms with Crippen molar-refractivity contribution < 1.29 is 4.74 Å². The van der Waals surface area contributed by atoms with Gasteiger partial charge in [0.2, 0.25) is 0 Å². The van der Waals surface area contributed by atoms with E-state index in [0.717, 1.165) is 19.4 Å². The number of nitrogens with zero attached hydrogens (tertiary/aromatic N) is 2. The van der Waals surface area contributed by atoms with Gasteiger partial charge < -0.3 is 15.0 Å². The molecule has 1 saturated carbocycles. The number of nitrogens with two attached hydrogens (primary N) is 1. The molecule has 0 radical (unpaired) electrons. The lowest BCUT2D eigenvalue weighted by Gasteiger charge is -2.33. The first-order valence-corrected chi connectivity index (χ1v) is 4.63. The van der Waals surface area contributed by atoms with E-state index in [0.29, 0.717) is 18.0 Å². The van der Waals surface area contributed by atoms with Crippen molar-refractivity contribution in [3.63, 3.8) is 0 Å². The third-order valence-corrected chi connectivity index (χ3v) is 2.57. The van der Waals surface area contributed by atoms with Gasteiger partial charge in [0, 0.05) is 19.4 Å². The molecule has 13 heavy (non-hydrogen) atoms. The topological polar surface area (TPSA) is 53.1 Å². The molecule has 1 fully saturated rings. The number of aromatic nitrogens is 2. The van der Waals surface area contributed by atoms with E-state index in [4.69, 9.17) is 10.5 Å². The summed E-state index contributed by atoms with van der Waals surface area (Å²) < 4.78 is 7.53. The van der Waals surface area contributed by atoms with E-state index < -0.39 is 0 Å². The molecule has 4 heteroatoms. The van der Waals surface area contributed by atoms with Crippen LogP contribution in [0.4, 0.5) is 0 Å². The Hall–Kier alpha value is -1.03. The minimum atomic E-state index is 0.328. The van der Waals surface area contributed by atoms with E-state index in [2.05, 4.69) is 4.98 Å². The van der Waals surface area contributed by atoms with Gasteiger partial charge in [-0.05, 0) is 25.3 Å². The average molecular weight is 181 g/mol. The zero-order chi connectivity index (χ0) is 9.26. The summed E-state index contributed by atoms with van der Waals surface area (Å²) in [4.78, 5) is 4.10. The molecule has 1 aliphatic rings. The van der Waals surface area contributed by atoms with Gasteiger partial charge in [-0.3, -0.25) is 0 Å². The summed E-state index contributed by atoms with van der Waals surface area (Å²) in [7, 11) is 1.93. The van der Waals surface area contributed by atoms with Gasteiger partial charge in [-0.25, -0.2) is 4.98 Å². The Bertz CT molecular complexity index is 278. The molecule has 72 valence electrons. The van der Waals surface area contributed by atoms with Gasteiger partial charge in [-0.2, -0.15) is 0 Å². The van der Waals surface area contributed by atoms with Crippen molar-refractivity contribution in [2.24, 2.45) is 18.7 Å². The Morgan fingerprint density at radius 2 is 2.46 bits per heavy atom. The third-order valence-electron chi connectivity index (χ3n) is 2.57. The fourth-order valence-corrected chi connectivity index (χ4v) is 1.58. The van der Waals surface area contributed by atoms with Crippen molar-refractivity contribution in [2.45, 2.75) is 18.9 Å². The van der Waals surface area contributed by atoms with Crippen LogP contribution < -0.4 is 10.5 Å². The summed E-state index contributed by atoms with van der Waals surface area (Å²) >= 11 is 0. The molecule has 2 N–H and O–H groups in total. The molecule has 1 aliphatic carbocycles. The Balaban J connectivity index is 1.84. The van der Waals surface area contributed by atoms with Crippen LogP contribution in [0.15, 0.2) is 12.4 Å². The van der Waals surface area contributed by atoms with Gasteiger partial charge in [0.25, 0.3) is 6.01 Å². The molecule has 1 heterocycles. The lowest BCUT2D eigenvalue weighted by Crippen LogP contribution is -2.38. The van der Waals surface area contributed by atoms with Crippen LogP contribution in [0, 0.1) is 5.92 Å². The molecule has 0 amide bonds. The van der Waals surface area contributed by atoms with Crippen LogP contribution in [0.3, 0.4) is 0 Å². The zero-order valence-corrected chi connectivity index (χ0v) is 7.81. The summed E-state index contributed by atoms with van der Waals surface area (Å²) in [5.41, 5.74) is 5.52. The van der Waals surface area contributed by atoms with Gasteiger partial charge >= 0.3 is 0 Å². The number of rotatable bonds is 3. The van der Waals surface area contributed by atoms with E-state index in [1.54, 1.807) is 6.20 Å². The van der Waals surface area contributed by atoms with Crippen molar-refractivity contribution in [3.8, 4) is 6.01 Å². The summed E-state index contributed by atoms with van der Waals surface area (Å²) in [5, 5.41) is 0. The first kappa shape index (κ1) is 8.56. The molecule has 0 saturated heterocycles. The zero-order valence-electron chi connectivity index (χ0n) is 7.81. The van der Waals surface area contributed by atoms with Gasteiger partial charge in [0.1, 0.15) is 6.10 Å². The van der Waals surface area contributed by atoms with Crippen molar-refractivity contribution in [1.29, 1.82) is 0 Å². The van der Waals surface area contributed by atoms with E-state index in [9.17, 15) is 0 Å². The highest BCUT2D eigenvalue weighted by Gasteiger charge is 2.30. The molecule has 2 rings (SSSR count). The summed E-state index contributed by atoms with van der Waals surface area (Å²) in [5.74, 6) is 0.658. The first-order valence-electron chi connectivity index (χ1n) is 4.63. The Labute approximate surface area is 77.7 Å². The normalized spacial score (nSPS) is 26.9. The van der Waals surface area contributed by atoms with E-state index in [1.807, 2.05) is 17.8 Å². The molecule has 0 aliphatic heterocycles. The maximum absolute atomic E-state index is 5.65. The Morgan fingerprint density at radius 3 is 3.00 bits per heavy atom.